The SMILES string of the molecule is CNC(CC(C)C)C(=O)Nc1cn[nH]c1C. The van der Waals surface area contributed by atoms with Crippen molar-refractivity contribution in [2.45, 2.75) is 33.2 Å². The first kappa shape index (κ1) is 12.7. The molecule has 0 aliphatic heterocycles. The van der Waals surface area contributed by atoms with E-state index >= 15 is 0 Å². The molecule has 1 aromatic heterocycles. The molecule has 0 saturated heterocycles. The van der Waals surface area contributed by atoms with Crippen LogP contribution in [-0.4, -0.2) is 29.2 Å². The van der Waals surface area contributed by atoms with E-state index in [0.29, 0.717) is 5.92 Å². The number of hydrogen-bond acceptors (Lipinski definition) is 3. The van der Waals surface area contributed by atoms with Crippen LogP contribution in [0.4, 0.5) is 5.69 Å². The van der Waals surface area contributed by atoms with Gasteiger partial charge in [-0.25, -0.2) is 0 Å². The molecule has 1 unspecified atom stereocenters. The molecule has 0 fully saturated rings. The second kappa shape index (κ2) is 5.65. The van der Waals surface area contributed by atoms with Gasteiger partial charge in [0.15, 0.2) is 0 Å². The lowest BCUT2D eigenvalue weighted by Crippen LogP contribution is -2.39. The lowest BCUT2D eigenvalue weighted by atomic mass is 10.0. The smallest absolute Gasteiger partial charge is 0.241 e. The number of aromatic amines is 1. The molecule has 90 valence electrons. The summed E-state index contributed by atoms with van der Waals surface area (Å²) in [5.41, 5.74) is 1.61. The van der Waals surface area contributed by atoms with E-state index in [1.54, 1.807) is 13.2 Å². The third kappa shape index (κ3) is 3.34. The van der Waals surface area contributed by atoms with Gasteiger partial charge in [0.25, 0.3) is 0 Å². The number of aryl methyl sites for hydroxylation is 1. The Morgan fingerprint density at radius 1 is 1.56 bits per heavy atom. The summed E-state index contributed by atoms with van der Waals surface area (Å²) in [7, 11) is 1.80. The van der Waals surface area contributed by atoms with Crippen molar-refractivity contribution in [3.8, 4) is 0 Å². The number of rotatable bonds is 5. The minimum Gasteiger partial charge on any atom is -0.322 e. The van der Waals surface area contributed by atoms with Crippen LogP contribution in [0.3, 0.4) is 0 Å². The van der Waals surface area contributed by atoms with Crippen molar-refractivity contribution in [3.63, 3.8) is 0 Å². The maximum Gasteiger partial charge on any atom is 0.241 e. The number of anilines is 1. The molecule has 3 N–H and O–H groups in total. The summed E-state index contributed by atoms with van der Waals surface area (Å²) in [6.45, 7) is 6.07. The molecule has 0 spiro atoms. The van der Waals surface area contributed by atoms with Crippen molar-refractivity contribution in [1.82, 2.24) is 15.5 Å². The van der Waals surface area contributed by atoms with E-state index < -0.39 is 0 Å². The number of nitrogens with zero attached hydrogens (tertiary/aromatic N) is 1. The summed E-state index contributed by atoms with van der Waals surface area (Å²) >= 11 is 0. The molecule has 1 amide bonds. The number of H-pyrrole nitrogens is 1. The zero-order valence-corrected chi connectivity index (χ0v) is 10.3. The van der Waals surface area contributed by atoms with E-state index in [4.69, 9.17) is 0 Å². The Balaban J connectivity index is 2.59. The standard InChI is InChI=1S/C11H20N4O/c1-7(2)5-9(12-4)11(16)14-10-6-13-15-8(10)3/h6-7,9,12H,5H2,1-4H3,(H,13,15)(H,14,16). The average Bonchev–Trinajstić information content (AvgIpc) is 2.60. The Bertz CT molecular complexity index is 346. The van der Waals surface area contributed by atoms with Crippen LogP contribution in [-0.2, 0) is 4.79 Å². The summed E-state index contributed by atoms with van der Waals surface area (Å²) < 4.78 is 0. The van der Waals surface area contributed by atoms with Gasteiger partial charge in [-0.15, -0.1) is 0 Å². The van der Waals surface area contributed by atoms with Crippen molar-refractivity contribution in [1.29, 1.82) is 0 Å². The summed E-state index contributed by atoms with van der Waals surface area (Å²) in [5, 5.41) is 12.5. The van der Waals surface area contributed by atoms with Crippen LogP contribution in [0.15, 0.2) is 6.20 Å². The number of aromatic nitrogens is 2. The second-order valence-corrected chi connectivity index (χ2v) is 4.37. The van der Waals surface area contributed by atoms with Crippen molar-refractivity contribution in [3.05, 3.63) is 11.9 Å². The average molecular weight is 224 g/mol. The van der Waals surface area contributed by atoms with Crippen molar-refractivity contribution >= 4 is 11.6 Å². The van der Waals surface area contributed by atoms with Gasteiger partial charge in [-0.05, 0) is 26.3 Å². The quantitative estimate of drug-likeness (QED) is 0.706. The van der Waals surface area contributed by atoms with Crippen LogP contribution in [0.1, 0.15) is 26.0 Å². The van der Waals surface area contributed by atoms with Gasteiger partial charge in [0.05, 0.1) is 23.6 Å². The van der Waals surface area contributed by atoms with Gasteiger partial charge in [0.1, 0.15) is 0 Å². The number of carbonyl (C=O) groups is 1. The summed E-state index contributed by atoms with van der Waals surface area (Å²) in [5.74, 6) is 0.467. The minimum absolute atomic E-state index is 0.0132. The molecule has 0 radical (unpaired) electrons. The van der Waals surface area contributed by atoms with E-state index in [9.17, 15) is 4.79 Å². The van der Waals surface area contributed by atoms with Crippen LogP contribution < -0.4 is 10.6 Å². The van der Waals surface area contributed by atoms with E-state index in [1.165, 1.54) is 0 Å². The van der Waals surface area contributed by atoms with Crippen LogP contribution in [0.5, 0.6) is 0 Å². The Hall–Kier alpha value is -1.36. The van der Waals surface area contributed by atoms with Gasteiger partial charge in [-0.2, -0.15) is 5.10 Å². The summed E-state index contributed by atoms with van der Waals surface area (Å²) in [6, 6.07) is -0.158. The van der Waals surface area contributed by atoms with Gasteiger partial charge < -0.3 is 10.6 Å². The first-order valence-corrected chi connectivity index (χ1v) is 5.52. The lowest BCUT2D eigenvalue weighted by molar-refractivity contribution is -0.118. The molecule has 0 aliphatic carbocycles. The molecule has 1 rings (SSSR count). The third-order valence-electron chi connectivity index (χ3n) is 2.46. The predicted molar refractivity (Wildman–Crippen MR) is 64.3 cm³/mol. The molecule has 1 aromatic rings. The van der Waals surface area contributed by atoms with Gasteiger partial charge in [-0.3, -0.25) is 9.89 Å². The lowest BCUT2D eigenvalue weighted by Gasteiger charge is -2.17. The molecule has 0 aliphatic rings. The first-order chi connectivity index (χ1) is 7.54. The van der Waals surface area contributed by atoms with Gasteiger partial charge in [0.2, 0.25) is 5.91 Å². The molecule has 0 aromatic carbocycles. The van der Waals surface area contributed by atoms with Crippen LogP contribution in [0.2, 0.25) is 0 Å². The third-order valence-corrected chi connectivity index (χ3v) is 2.46. The molecule has 5 heteroatoms. The molecule has 1 atom stereocenters. The Morgan fingerprint density at radius 3 is 2.69 bits per heavy atom. The van der Waals surface area contributed by atoms with E-state index in [1.807, 2.05) is 6.92 Å². The van der Waals surface area contributed by atoms with Crippen LogP contribution >= 0.6 is 0 Å². The maximum absolute atomic E-state index is 11.9. The maximum atomic E-state index is 11.9. The van der Waals surface area contributed by atoms with E-state index in [-0.39, 0.29) is 11.9 Å². The highest BCUT2D eigenvalue weighted by molar-refractivity contribution is 5.95. The molecule has 16 heavy (non-hydrogen) atoms. The van der Waals surface area contributed by atoms with E-state index in [0.717, 1.165) is 17.8 Å². The molecular formula is C11H20N4O. The first-order valence-electron chi connectivity index (χ1n) is 5.52. The molecule has 5 nitrogen and oxygen atoms in total. The van der Waals surface area contributed by atoms with E-state index in [2.05, 4.69) is 34.7 Å². The van der Waals surface area contributed by atoms with Crippen LogP contribution in [0, 0.1) is 12.8 Å². The Kier molecular flexibility index (Phi) is 4.49. The molecule has 0 bridgehead atoms. The van der Waals surface area contributed by atoms with Gasteiger partial charge in [-0.1, -0.05) is 13.8 Å². The minimum atomic E-state index is -0.158. The predicted octanol–water partition coefficient (Wildman–Crippen LogP) is 1.29. The van der Waals surface area contributed by atoms with Crippen molar-refractivity contribution < 1.29 is 4.79 Å². The fourth-order valence-corrected chi connectivity index (χ4v) is 1.52. The monoisotopic (exact) mass is 224 g/mol. The largest absolute Gasteiger partial charge is 0.322 e. The Morgan fingerprint density at radius 2 is 2.25 bits per heavy atom. The van der Waals surface area contributed by atoms with Gasteiger partial charge >= 0.3 is 0 Å². The fraction of sp³-hybridized carbons (Fsp3) is 0.636. The zero-order chi connectivity index (χ0) is 12.1. The number of nitrogens with one attached hydrogen (secondary N) is 3. The topological polar surface area (TPSA) is 69.8 Å². The highest BCUT2D eigenvalue weighted by Crippen LogP contribution is 2.12. The highest BCUT2D eigenvalue weighted by Gasteiger charge is 2.18. The molecule has 1 heterocycles. The summed E-state index contributed by atoms with van der Waals surface area (Å²) in [6.07, 6.45) is 2.44. The number of hydrogen-bond donors (Lipinski definition) is 3. The zero-order valence-electron chi connectivity index (χ0n) is 10.3. The highest BCUT2D eigenvalue weighted by atomic mass is 16.2. The van der Waals surface area contributed by atoms with Crippen molar-refractivity contribution in [2.24, 2.45) is 5.92 Å². The number of likely N-dealkylation sites (N-methyl/N-ethyl adjacent to an activating group) is 1. The Labute approximate surface area is 96.0 Å². The molecule has 0 saturated carbocycles. The van der Waals surface area contributed by atoms with Crippen LogP contribution in [0.25, 0.3) is 0 Å². The number of amides is 1. The van der Waals surface area contributed by atoms with Crippen molar-refractivity contribution in [2.75, 3.05) is 12.4 Å². The fourth-order valence-electron chi connectivity index (χ4n) is 1.52. The van der Waals surface area contributed by atoms with Gasteiger partial charge in [0, 0.05) is 0 Å². The normalized spacial score (nSPS) is 12.8. The molecular weight excluding hydrogens is 204 g/mol. The summed E-state index contributed by atoms with van der Waals surface area (Å²) in [4.78, 5) is 11.9. The number of carbonyl (C=O) groups excluding carboxylic acids is 1. The second-order valence-electron chi connectivity index (χ2n) is 4.37.